The van der Waals surface area contributed by atoms with Crippen molar-refractivity contribution in [2.75, 3.05) is 6.61 Å². The van der Waals surface area contributed by atoms with E-state index < -0.39 is 0 Å². The van der Waals surface area contributed by atoms with Gasteiger partial charge in [-0.05, 0) is 68.6 Å². The molecular weight excluding hydrogens is 416 g/mol. The van der Waals surface area contributed by atoms with Crippen molar-refractivity contribution in [2.24, 2.45) is 22.7 Å². The molecule has 0 radical (unpaired) electrons. The molecule has 0 saturated heterocycles. The number of ether oxygens (including phenoxy) is 1. The summed E-state index contributed by atoms with van der Waals surface area (Å²) in [5.74, 6) is 2.12. The molecule has 3 rings (SSSR count). The van der Waals surface area contributed by atoms with Gasteiger partial charge in [-0.25, -0.2) is 0 Å². The van der Waals surface area contributed by atoms with Gasteiger partial charge in [-0.1, -0.05) is 117 Å². The van der Waals surface area contributed by atoms with Gasteiger partial charge in [0.1, 0.15) is 0 Å². The van der Waals surface area contributed by atoms with E-state index in [4.69, 9.17) is 4.74 Å². The Balaban J connectivity index is 1.70. The molecule has 0 aromatic carbocycles. The molecule has 0 amide bonds. The van der Waals surface area contributed by atoms with Gasteiger partial charge in [-0.3, -0.25) is 4.79 Å². The van der Waals surface area contributed by atoms with Crippen LogP contribution in [0.25, 0.3) is 0 Å². The van der Waals surface area contributed by atoms with E-state index in [9.17, 15) is 4.79 Å². The van der Waals surface area contributed by atoms with E-state index in [1.807, 2.05) is 0 Å². The van der Waals surface area contributed by atoms with Gasteiger partial charge in [0.2, 0.25) is 0 Å². The Labute approximate surface area is 212 Å². The third-order valence-corrected chi connectivity index (χ3v) is 10.4. The lowest BCUT2D eigenvalue weighted by molar-refractivity contribution is -0.175. The van der Waals surface area contributed by atoms with Crippen LogP contribution in [0.2, 0.25) is 0 Å². The standard InChI is InChI=1S/C32H58O2/c1-3-5-7-9-17-27-34-30(33)32(23-15-11-16-24-32)31(22-14-8-6-4-2)25-20-29(21-26-31)28-18-12-10-13-19-28/h28-29H,3-27H2,1-2H3. The number of unbranched alkanes of at least 4 members (excludes halogenated alkanes) is 7. The molecule has 0 N–H and O–H groups in total. The molecule has 198 valence electrons. The van der Waals surface area contributed by atoms with Crippen LogP contribution in [0.1, 0.15) is 168 Å². The van der Waals surface area contributed by atoms with Gasteiger partial charge < -0.3 is 4.74 Å². The first-order valence-corrected chi connectivity index (χ1v) is 15.8. The fourth-order valence-corrected chi connectivity index (χ4v) is 8.24. The van der Waals surface area contributed by atoms with Crippen LogP contribution >= 0.6 is 0 Å². The highest BCUT2D eigenvalue weighted by atomic mass is 16.5. The third-order valence-electron chi connectivity index (χ3n) is 10.4. The van der Waals surface area contributed by atoms with Gasteiger partial charge in [-0.2, -0.15) is 0 Å². The third kappa shape index (κ3) is 7.25. The van der Waals surface area contributed by atoms with E-state index in [1.165, 1.54) is 135 Å². The first-order valence-electron chi connectivity index (χ1n) is 15.8. The fourth-order valence-electron chi connectivity index (χ4n) is 8.24. The summed E-state index contributed by atoms with van der Waals surface area (Å²) in [5.41, 5.74) is 0.0318. The minimum Gasteiger partial charge on any atom is -0.465 e. The van der Waals surface area contributed by atoms with Crippen LogP contribution in [0.15, 0.2) is 0 Å². The Kier molecular flexibility index (Phi) is 12.3. The smallest absolute Gasteiger partial charge is 0.312 e. The molecule has 3 aliphatic carbocycles. The maximum Gasteiger partial charge on any atom is 0.312 e. The summed E-state index contributed by atoms with van der Waals surface area (Å²) < 4.78 is 6.18. The zero-order chi connectivity index (χ0) is 24.1. The summed E-state index contributed by atoms with van der Waals surface area (Å²) in [4.78, 5) is 14.0. The maximum absolute atomic E-state index is 14.0. The number of carbonyl (C=O) groups is 1. The molecule has 0 aromatic heterocycles. The normalized spacial score (nSPS) is 28.0. The van der Waals surface area contributed by atoms with Crippen molar-refractivity contribution in [3.05, 3.63) is 0 Å². The van der Waals surface area contributed by atoms with Gasteiger partial charge in [-0.15, -0.1) is 0 Å². The van der Waals surface area contributed by atoms with Crippen molar-refractivity contribution < 1.29 is 9.53 Å². The Morgan fingerprint density at radius 2 is 1.21 bits per heavy atom. The molecule has 0 aromatic rings. The lowest BCUT2D eigenvalue weighted by atomic mass is 9.49. The Morgan fingerprint density at radius 1 is 0.647 bits per heavy atom. The summed E-state index contributed by atoms with van der Waals surface area (Å²) in [6.45, 7) is 5.22. The van der Waals surface area contributed by atoms with Crippen LogP contribution < -0.4 is 0 Å². The molecule has 2 heteroatoms. The molecule has 0 bridgehead atoms. The monoisotopic (exact) mass is 474 g/mol. The molecule has 0 heterocycles. The van der Waals surface area contributed by atoms with Crippen LogP contribution in [0.4, 0.5) is 0 Å². The van der Waals surface area contributed by atoms with Gasteiger partial charge in [0.05, 0.1) is 12.0 Å². The van der Waals surface area contributed by atoms with Crippen molar-refractivity contribution in [1.82, 2.24) is 0 Å². The number of hydrogen-bond donors (Lipinski definition) is 0. The van der Waals surface area contributed by atoms with E-state index in [0.717, 1.165) is 31.1 Å². The van der Waals surface area contributed by atoms with Crippen molar-refractivity contribution in [3.8, 4) is 0 Å². The molecule has 3 aliphatic rings. The van der Waals surface area contributed by atoms with Crippen LogP contribution in [-0.2, 0) is 9.53 Å². The molecule has 3 fully saturated rings. The predicted molar refractivity (Wildman–Crippen MR) is 145 cm³/mol. The minimum atomic E-state index is -0.182. The van der Waals surface area contributed by atoms with E-state index in [1.54, 1.807) is 0 Å². The number of carbonyl (C=O) groups excluding carboxylic acids is 1. The van der Waals surface area contributed by atoms with E-state index in [2.05, 4.69) is 13.8 Å². The zero-order valence-corrected chi connectivity index (χ0v) is 23.1. The summed E-state index contributed by atoms with van der Waals surface area (Å²) >= 11 is 0. The van der Waals surface area contributed by atoms with Crippen LogP contribution in [0.5, 0.6) is 0 Å². The highest BCUT2D eigenvalue weighted by Gasteiger charge is 2.57. The highest BCUT2D eigenvalue weighted by Crippen LogP contribution is 2.61. The largest absolute Gasteiger partial charge is 0.465 e. The van der Waals surface area contributed by atoms with E-state index >= 15 is 0 Å². The van der Waals surface area contributed by atoms with Gasteiger partial charge >= 0.3 is 5.97 Å². The summed E-state index contributed by atoms with van der Waals surface area (Å²) in [6, 6.07) is 0. The maximum atomic E-state index is 14.0. The Bertz CT molecular complexity index is 547. The van der Waals surface area contributed by atoms with Gasteiger partial charge in [0.25, 0.3) is 0 Å². The molecular formula is C32H58O2. The summed E-state index contributed by atoms with van der Waals surface area (Å²) in [7, 11) is 0. The van der Waals surface area contributed by atoms with Crippen LogP contribution in [0, 0.1) is 22.7 Å². The average Bonchev–Trinajstić information content (AvgIpc) is 2.89. The molecule has 3 saturated carbocycles. The molecule has 34 heavy (non-hydrogen) atoms. The second-order valence-corrected chi connectivity index (χ2v) is 12.5. The molecule has 2 nitrogen and oxygen atoms in total. The first kappa shape index (κ1) is 28.0. The van der Waals surface area contributed by atoms with E-state index in [0.29, 0.717) is 6.61 Å². The summed E-state index contributed by atoms with van der Waals surface area (Å²) in [6.07, 6.45) is 31.3. The second-order valence-electron chi connectivity index (χ2n) is 12.5. The van der Waals surface area contributed by atoms with E-state index in [-0.39, 0.29) is 16.8 Å². The van der Waals surface area contributed by atoms with Crippen molar-refractivity contribution in [3.63, 3.8) is 0 Å². The van der Waals surface area contributed by atoms with Crippen molar-refractivity contribution in [2.45, 2.75) is 168 Å². The minimum absolute atomic E-state index is 0.182. The van der Waals surface area contributed by atoms with Crippen LogP contribution in [-0.4, -0.2) is 12.6 Å². The fraction of sp³-hybridized carbons (Fsp3) is 0.969. The Morgan fingerprint density at radius 3 is 1.85 bits per heavy atom. The first-order chi connectivity index (χ1) is 16.7. The topological polar surface area (TPSA) is 26.3 Å². The Hall–Kier alpha value is -0.530. The van der Waals surface area contributed by atoms with Crippen molar-refractivity contribution >= 4 is 5.97 Å². The quantitative estimate of drug-likeness (QED) is 0.185. The van der Waals surface area contributed by atoms with Crippen LogP contribution in [0.3, 0.4) is 0 Å². The zero-order valence-electron chi connectivity index (χ0n) is 23.1. The molecule has 0 aliphatic heterocycles. The molecule has 0 atom stereocenters. The summed E-state index contributed by atoms with van der Waals surface area (Å²) in [5, 5.41) is 0. The highest BCUT2D eigenvalue weighted by molar-refractivity contribution is 5.78. The predicted octanol–water partition coefficient (Wildman–Crippen LogP) is 10.2. The number of rotatable bonds is 14. The lowest BCUT2D eigenvalue weighted by Gasteiger charge is -2.55. The lowest BCUT2D eigenvalue weighted by Crippen LogP contribution is -2.52. The second kappa shape index (κ2) is 14.9. The molecule has 0 spiro atoms. The van der Waals surface area contributed by atoms with Crippen molar-refractivity contribution in [1.29, 1.82) is 0 Å². The average molecular weight is 475 g/mol. The van der Waals surface area contributed by atoms with Gasteiger partial charge in [0, 0.05) is 0 Å². The molecule has 0 unspecified atom stereocenters. The number of esters is 1. The SMILES string of the molecule is CCCCCCCOC(=O)C1(C2(CCCCCC)CCC(C3CCCCC3)CC2)CCCCC1. The number of hydrogen-bond acceptors (Lipinski definition) is 2. The van der Waals surface area contributed by atoms with Gasteiger partial charge in [0.15, 0.2) is 0 Å².